The molecule has 1 aromatic carbocycles. The van der Waals surface area contributed by atoms with Crippen LogP contribution in [0.3, 0.4) is 0 Å². The molecular formula is C14H16N2OS. The fourth-order valence-electron chi connectivity index (χ4n) is 3.08. The highest BCUT2D eigenvalue weighted by molar-refractivity contribution is 7.17. The maximum atomic E-state index is 12.2. The number of hydrazine groups is 1. The summed E-state index contributed by atoms with van der Waals surface area (Å²) in [5.41, 5.74) is 3.11. The first-order valence-electron chi connectivity index (χ1n) is 6.26. The maximum Gasteiger partial charge on any atom is 0.244 e. The van der Waals surface area contributed by atoms with E-state index in [9.17, 15) is 4.79 Å². The highest BCUT2D eigenvalue weighted by Gasteiger charge is 2.43. The van der Waals surface area contributed by atoms with Gasteiger partial charge in [-0.2, -0.15) is 0 Å². The van der Waals surface area contributed by atoms with Crippen molar-refractivity contribution in [1.29, 1.82) is 0 Å². The van der Waals surface area contributed by atoms with Crippen LogP contribution < -0.4 is 11.3 Å². The average Bonchev–Trinajstić information content (AvgIpc) is 3.04. The Morgan fingerprint density at radius 1 is 1.28 bits per heavy atom. The number of nitrogens with two attached hydrogens (primary N) is 1. The summed E-state index contributed by atoms with van der Waals surface area (Å²) < 4.78 is 1.24. The van der Waals surface area contributed by atoms with Crippen LogP contribution in [-0.2, 0) is 10.2 Å². The zero-order valence-corrected chi connectivity index (χ0v) is 10.9. The fraction of sp³-hybridized carbons (Fsp3) is 0.357. The molecule has 0 bridgehead atoms. The van der Waals surface area contributed by atoms with Gasteiger partial charge in [0, 0.05) is 4.70 Å². The Bertz CT molecular complexity index is 584. The van der Waals surface area contributed by atoms with E-state index in [0.29, 0.717) is 0 Å². The third-order valence-electron chi connectivity index (χ3n) is 4.02. The minimum Gasteiger partial charge on any atom is -0.293 e. The molecule has 0 unspecified atom stereocenters. The predicted molar refractivity (Wildman–Crippen MR) is 74.3 cm³/mol. The van der Waals surface area contributed by atoms with E-state index in [1.807, 2.05) is 12.1 Å². The lowest BCUT2D eigenvalue weighted by molar-refractivity contribution is -0.126. The van der Waals surface area contributed by atoms with Gasteiger partial charge in [-0.15, -0.1) is 11.3 Å². The molecule has 1 amide bonds. The quantitative estimate of drug-likeness (QED) is 0.495. The van der Waals surface area contributed by atoms with Crippen LogP contribution in [0.1, 0.15) is 31.2 Å². The van der Waals surface area contributed by atoms with Gasteiger partial charge in [0.1, 0.15) is 0 Å². The molecule has 4 heteroatoms. The molecule has 0 atom stereocenters. The van der Waals surface area contributed by atoms with Crippen molar-refractivity contribution in [2.45, 2.75) is 31.1 Å². The van der Waals surface area contributed by atoms with Crippen LogP contribution in [-0.4, -0.2) is 5.91 Å². The molecule has 1 aliphatic rings. The van der Waals surface area contributed by atoms with Crippen molar-refractivity contribution in [1.82, 2.24) is 5.43 Å². The summed E-state index contributed by atoms with van der Waals surface area (Å²) in [5, 5.41) is 3.33. The zero-order chi connectivity index (χ0) is 12.6. The molecule has 1 aliphatic carbocycles. The van der Waals surface area contributed by atoms with Crippen molar-refractivity contribution in [3.63, 3.8) is 0 Å². The zero-order valence-electron chi connectivity index (χ0n) is 10.1. The van der Waals surface area contributed by atoms with E-state index in [2.05, 4.69) is 22.9 Å². The van der Waals surface area contributed by atoms with Crippen LogP contribution >= 0.6 is 11.3 Å². The average molecular weight is 260 g/mol. The Balaban J connectivity index is 2.19. The van der Waals surface area contributed by atoms with Crippen molar-refractivity contribution in [2.24, 2.45) is 5.84 Å². The maximum absolute atomic E-state index is 12.2. The molecule has 3 rings (SSSR count). The van der Waals surface area contributed by atoms with E-state index in [1.165, 1.54) is 10.1 Å². The summed E-state index contributed by atoms with van der Waals surface area (Å²) in [4.78, 5) is 12.2. The van der Waals surface area contributed by atoms with E-state index >= 15 is 0 Å². The minimum atomic E-state index is -0.408. The van der Waals surface area contributed by atoms with Crippen LogP contribution in [0.2, 0.25) is 0 Å². The largest absolute Gasteiger partial charge is 0.293 e. The summed E-state index contributed by atoms with van der Waals surface area (Å²) in [6.45, 7) is 0. The number of hydrogen-bond donors (Lipinski definition) is 2. The molecule has 94 valence electrons. The molecule has 0 aliphatic heterocycles. The van der Waals surface area contributed by atoms with Gasteiger partial charge in [-0.25, -0.2) is 5.84 Å². The molecule has 3 nitrogen and oxygen atoms in total. The Kier molecular flexibility index (Phi) is 2.84. The van der Waals surface area contributed by atoms with Gasteiger partial charge in [0.15, 0.2) is 0 Å². The van der Waals surface area contributed by atoms with Gasteiger partial charge in [0.2, 0.25) is 5.91 Å². The van der Waals surface area contributed by atoms with Crippen molar-refractivity contribution < 1.29 is 4.79 Å². The number of amides is 1. The summed E-state index contributed by atoms with van der Waals surface area (Å²) >= 11 is 1.71. The Morgan fingerprint density at radius 3 is 2.72 bits per heavy atom. The summed E-state index contributed by atoms with van der Waals surface area (Å²) in [7, 11) is 0. The Labute approximate surface area is 110 Å². The van der Waals surface area contributed by atoms with Crippen LogP contribution in [0.15, 0.2) is 29.6 Å². The van der Waals surface area contributed by atoms with Gasteiger partial charge in [-0.05, 0) is 35.2 Å². The first-order chi connectivity index (χ1) is 8.78. The topological polar surface area (TPSA) is 55.1 Å². The highest BCUT2D eigenvalue weighted by atomic mass is 32.1. The van der Waals surface area contributed by atoms with Crippen molar-refractivity contribution in [3.05, 3.63) is 35.2 Å². The summed E-state index contributed by atoms with van der Waals surface area (Å²) in [5.74, 6) is 5.35. The molecule has 18 heavy (non-hydrogen) atoms. The molecule has 1 heterocycles. The minimum absolute atomic E-state index is 0.0384. The smallest absolute Gasteiger partial charge is 0.244 e. The molecule has 0 saturated heterocycles. The number of fused-ring (bicyclic) bond motifs is 1. The highest BCUT2D eigenvalue weighted by Crippen LogP contribution is 2.45. The third kappa shape index (κ3) is 1.56. The van der Waals surface area contributed by atoms with Gasteiger partial charge in [-0.3, -0.25) is 10.2 Å². The monoisotopic (exact) mass is 260 g/mol. The molecular weight excluding hydrogens is 244 g/mol. The van der Waals surface area contributed by atoms with Gasteiger partial charge in [0.05, 0.1) is 5.41 Å². The van der Waals surface area contributed by atoms with Crippen LogP contribution in [0, 0.1) is 0 Å². The number of thiophene rings is 1. The number of nitrogens with one attached hydrogen (secondary N) is 1. The van der Waals surface area contributed by atoms with Crippen molar-refractivity contribution >= 4 is 27.3 Å². The molecule has 2 aromatic rings. The Hall–Kier alpha value is -1.39. The molecule has 0 spiro atoms. The molecule has 1 saturated carbocycles. The lowest BCUT2D eigenvalue weighted by Crippen LogP contribution is -2.45. The number of benzene rings is 1. The van der Waals surface area contributed by atoms with Gasteiger partial charge >= 0.3 is 0 Å². The predicted octanol–water partition coefficient (Wildman–Crippen LogP) is 2.70. The molecule has 1 aromatic heterocycles. The summed E-state index contributed by atoms with van der Waals surface area (Å²) in [6, 6.07) is 8.27. The second kappa shape index (κ2) is 4.37. The van der Waals surface area contributed by atoms with Gasteiger partial charge in [0.25, 0.3) is 0 Å². The molecule has 3 N–H and O–H groups in total. The van der Waals surface area contributed by atoms with Gasteiger partial charge < -0.3 is 0 Å². The first kappa shape index (κ1) is 11.7. The van der Waals surface area contributed by atoms with E-state index in [4.69, 9.17) is 5.84 Å². The number of rotatable bonds is 2. The van der Waals surface area contributed by atoms with Crippen molar-refractivity contribution in [2.75, 3.05) is 0 Å². The van der Waals surface area contributed by atoms with Crippen LogP contribution in [0.25, 0.3) is 10.1 Å². The first-order valence-corrected chi connectivity index (χ1v) is 7.14. The second-order valence-electron chi connectivity index (χ2n) is 4.91. The lowest BCUT2D eigenvalue weighted by atomic mass is 9.78. The van der Waals surface area contributed by atoms with E-state index in [1.54, 1.807) is 11.3 Å². The van der Waals surface area contributed by atoms with E-state index < -0.39 is 5.41 Å². The Morgan fingerprint density at radius 2 is 2.00 bits per heavy atom. The second-order valence-corrected chi connectivity index (χ2v) is 5.82. The van der Waals surface area contributed by atoms with Gasteiger partial charge in [-0.1, -0.05) is 31.0 Å². The fourth-order valence-corrected chi connectivity index (χ4v) is 4.14. The number of carbonyl (C=O) groups excluding carboxylic acids is 1. The number of carbonyl (C=O) groups is 1. The molecule has 0 radical (unpaired) electrons. The lowest BCUT2D eigenvalue weighted by Gasteiger charge is -2.26. The van der Waals surface area contributed by atoms with E-state index in [-0.39, 0.29) is 5.91 Å². The number of hydrogen-bond acceptors (Lipinski definition) is 3. The summed E-state index contributed by atoms with van der Waals surface area (Å²) in [6.07, 6.45) is 3.99. The van der Waals surface area contributed by atoms with Crippen LogP contribution in [0.4, 0.5) is 0 Å². The van der Waals surface area contributed by atoms with Crippen LogP contribution in [0.5, 0.6) is 0 Å². The standard InChI is InChI=1S/C14H16N2OS/c15-16-13(17)14(7-3-4-8-14)11-9-18-12-6-2-1-5-10(11)12/h1-2,5-6,9H,3-4,7-8,15H2,(H,16,17). The normalized spacial score (nSPS) is 18.1. The molecule has 1 fully saturated rings. The SMILES string of the molecule is NNC(=O)C1(c2csc3ccccc23)CCCC1. The van der Waals surface area contributed by atoms with E-state index in [0.717, 1.165) is 31.2 Å². The third-order valence-corrected chi connectivity index (χ3v) is 4.98. The van der Waals surface area contributed by atoms with Crippen molar-refractivity contribution in [3.8, 4) is 0 Å².